The number of amides is 1. The van der Waals surface area contributed by atoms with Gasteiger partial charge in [0.15, 0.2) is 11.4 Å². The minimum absolute atomic E-state index is 0.293. The first-order valence-corrected chi connectivity index (χ1v) is 13.2. The Morgan fingerprint density at radius 2 is 1.82 bits per heavy atom. The SMILES string of the molecule is Cc1cn2cc(NC(=O)c3ccc(N4C[C@H](C)N[C@@H](C)C4)c4nccnc34)cc(Oc3cccc(Cl)c3)c2n1. The number of rotatable bonds is 5. The zero-order chi connectivity index (χ0) is 27.1. The van der Waals surface area contributed by atoms with Crippen molar-refractivity contribution in [1.29, 1.82) is 0 Å². The van der Waals surface area contributed by atoms with Gasteiger partial charge in [0.2, 0.25) is 0 Å². The number of nitrogens with one attached hydrogen (secondary N) is 2. The van der Waals surface area contributed by atoms with Crippen molar-refractivity contribution in [2.45, 2.75) is 32.9 Å². The van der Waals surface area contributed by atoms with Gasteiger partial charge in [0.25, 0.3) is 5.91 Å². The van der Waals surface area contributed by atoms with Gasteiger partial charge in [-0.15, -0.1) is 0 Å². The fourth-order valence-corrected chi connectivity index (χ4v) is 5.37. The van der Waals surface area contributed by atoms with E-state index in [1.165, 1.54) is 0 Å². The second-order valence-corrected chi connectivity index (χ2v) is 10.4. The van der Waals surface area contributed by atoms with Crippen molar-refractivity contribution >= 4 is 45.6 Å². The number of anilines is 2. The Bertz CT molecular complexity index is 1690. The molecule has 9 nitrogen and oxygen atoms in total. The average Bonchev–Trinajstić information content (AvgIpc) is 3.28. The summed E-state index contributed by atoms with van der Waals surface area (Å²) in [5, 5.41) is 7.14. The molecule has 2 atom stereocenters. The molecular formula is C29H28ClN7O2. The highest BCUT2D eigenvalue weighted by molar-refractivity contribution is 6.30. The third-order valence-electron chi connectivity index (χ3n) is 6.67. The topological polar surface area (TPSA) is 96.7 Å². The number of hydrogen-bond donors (Lipinski definition) is 2. The van der Waals surface area contributed by atoms with Gasteiger partial charge < -0.3 is 24.7 Å². The van der Waals surface area contributed by atoms with E-state index in [1.54, 1.807) is 30.6 Å². The van der Waals surface area contributed by atoms with Crippen molar-refractivity contribution in [3.63, 3.8) is 0 Å². The molecule has 0 saturated carbocycles. The highest BCUT2D eigenvalue weighted by Crippen LogP contribution is 2.32. The molecule has 0 radical (unpaired) electrons. The molecule has 2 N–H and O–H groups in total. The second kappa shape index (κ2) is 10.2. The summed E-state index contributed by atoms with van der Waals surface area (Å²) in [5.74, 6) is 0.769. The Morgan fingerprint density at radius 1 is 1.05 bits per heavy atom. The third-order valence-corrected chi connectivity index (χ3v) is 6.90. The van der Waals surface area contributed by atoms with Crippen LogP contribution in [-0.4, -0.2) is 50.4 Å². The summed E-state index contributed by atoms with van der Waals surface area (Å²) >= 11 is 6.15. The highest BCUT2D eigenvalue weighted by atomic mass is 35.5. The van der Waals surface area contributed by atoms with Crippen molar-refractivity contribution in [1.82, 2.24) is 24.7 Å². The van der Waals surface area contributed by atoms with Crippen molar-refractivity contribution in [3.05, 3.63) is 83.5 Å². The highest BCUT2D eigenvalue weighted by Gasteiger charge is 2.25. The Labute approximate surface area is 230 Å². The standard InChI is InChI=1S/C29H28ClN7O2/c1-17-13-36(14-18(2)33-17)24-8-7-23(26-27(24)32-10-9-31-26)29(38)35-21-12-25(28-34-19(3)15-37(28)16-21)39-22-6-4-5-20(30)11-22/h4-12,15-18,33H,13-14H2,1-3H3,(H,35,38)/t17-,18-/m0/s1. The number of carbonyl (C=O) groups is 1. The number of halogens is 1. The minimum Gasteiger partial charge on any atom is -0.453 e. The largest absolute Gasteiger partial charge is 0.453 e. The summed E-state index contributed by atoms with van der Waals surface area (Å²) < 4.78 is 7.96. The maximum absolute atomic E-state index is 13.6. The molecule has 10 heteroatoms. The Hall–Kier alpha value is -4.21. The van der Waals surface area contributed by atoms with Gasteiger partial charge in [-0.1, -0.05) is 17.7 Å². The number of hydrogen-bond acceptors (Lipinski definition) is 7. The first kappa shape index (κ1) is 25.1. The van der Waals surface area contributed by atoms with Crippen LogP contribution >= 0.6 is 11.6 Å². The van der Waals surface area contributed by atoms with E-state index in [4.69, 9.17) is 16.3 Å². The van der Waals surface area contributed by atoms with E-state index in [-0.39, 0.29) is 5.91 Å². The molecule has 4 heterocycles. The monoisotopic (exact) mass is 541 g/mol. The number of fused-ring (bicyclic) bond motifs is 2. The van der Waals surface area contributed by atoms with Crippen LogP contribution in [0.3, 0.4) is 0 Å². The summed E-state index contributed by atoms with van der Waals surface area (Å²) in [4.78, 5) is 29.6. The molecule has 1 saturated heterocycles. The maximum atomic E-state index is 13.6. The van der Waals surface area contributed by atoms with E-state index >= 15 is 0 Å². The van der Waals surface area contributed by atoms with Crippen LogP contribution in [0.2, 0.25) is 5.02 Å². The normalized spacial score (nSPS) is 17.5. The molecule has 5 aromatic rings. The average molecular weight is 542 g/mol. The second-order valence-electron chi connectivity index (χ2n) is 9.98. The molecule has 198 valence electrons. The predicted octanol–water partition coefficient (Wildman–Crippen LogP) is 5.47. The minimum atomic E-state index is -0.293. The molecule has 39 heavy (non-hydrogen) atoms. The number of imidazole rings is 1. The third kappa shape index (κ3) is 5.10. The number of nitrogens with zero attached hydrogens (tertiary/aromatic N) is 5. The van der Waals surface area contributed by atoms with E-state index < -0.39 is 0 Å². The van der Waals surface area contributed by atoms with Crippen LogP contribution in [0.4, 0.5) is 11.4 Å². The molecular weight excluding hydrogens is 514 g/mol. The molecule has 1 amide bonds. The lowest BCUT2D eigenvalue weighted by atomic mass is 10.1. The fraction of sp³-hybridized carbons (Fsp3) is 0.241. The molecule has 0 bridgehead atoms. The van der Waals surface area contributed by atoms with Gasteiger partial charge in [-0.2, -0.15) is 0 Å². The van der Waals surface area contributed by atoms with Crippen LogP contribution in [0.1, 0.15) is 29.9 Å². The lowest BCUT2D eigenvalue weighted by Crippen LogP contribution is -2.54. The van der Waals surface area contributed by atoms with E-state index in [9.17, 15) is 4.79 Å². The predicted molar refractivity (Wildman–Crippen MR) is 153 cm³/mol. The number of ether oxygens (including phenoxy) is 1. The molecule has 6 rings (SSSR count). The van der Waals surface area contributed by atoms with Crippen LogP contribution in [0.5, 0.6) is 11.5 Å². The molecule has 3 aromatic heterocycles. The number of carbonyl (C=O) groups excluding carboxylic acids is 1. The van der Waals surface area contributed by atoms with E-state index in [2.05, 4.69) is 44.3 Å². The zero-order valence-corrected chi connectivity index (χ0v) is 22.6. The van der Waals surface area contributed by atoms with Gasteiger partial charge >= 0.3 is 0 Å². The summed E-state index contributed by atoms with van der Waals surface area (Å²) in [5.41, 5.74) is 4.68. The van der Waals surface area contributed by atoms with Crippen molar-refractivity contribution in [3.8, 4) is 11.5 Å². The lowest BCUT2D eigenvalue weighted by Gasteiger charge is -2.38. The van der Waals surface area contributed by atoms with Crippen molar-refractivity contribution in [2.75, 3.05) is 23.3 Å². The zero-order valence-electron chi connectivity index (χ0n) is 21.9. The van der Waals surface area contributed by atoms with Crippen LogP contribution in [0.15, 0.2) is 67.3 Å². The van der Waals surface area contributed by atoms with Gasteiger partial charge in [0.05, 0.1) is 22.6 Å². The summed E-state index contributed by atoms with van der Waals surface area (Å²) in [6, 6.07) is 13.4. The molecule has 1 aliphatic heterocycles. The molecule has 0 spiro atoms. The molecule has 0 unspecified atom stereocenters. The summed E-state index contributed by atoms with van der Waals surface area (Å²) in [6.07, 6.45) is 6.96. The van der Waals surface area contributed by atoms with Gasteiger partial charge in [-0.25, -0.2) is 4.98 Å². The molecule has 2 aromatic carbocycles. The molecule has 1 aliphatic rings. The fourth-order valence-electron chi connectivity index (χ4n) is 5.19. The number of piperazine rings is 1. The van der Waals surface area contributed by atoms with E-state index in [0.717, 1.165) is 24.5 Å². The smallest absolute Gasteiger partial charge is 0.257 e. The number of aromatic nitrogens is 4. The van der Waals surface area contributed by atoms with E-state index in [0.29, 0.717) is 56.5 Å². The summed E-state index contributed by atoms with van der Waals surface area (Å²) in [7, 11) is 0. The Morgan fingerprint density at radius 3 is 2.59 bits per heavy atom. The van der Waals surface area contributed by atoms with Crippen LogP contribution in [-0.2, 0) is 0 Å². The molecule has 0 aliphatic carbocycles. The quantitative estimate of drug-likeness (QED) is 0.304. The summed E-state index contributed by atoms with van der Waals surface area (Å²) in [6.45, 7) is 7.94. The van der Waals surface area contributed by atoms with Gasteiger partial charge in [0, 0.05) is 61.0 Å². The van der Waals surface area contributed by atoms with Gasteiger partial charge in [-0.3, -0.25) is 14.8 Å². The van der Waals surface area contributed by atoms with Gasteiger partial charge in [-0.05, 0) is 51.1 Å². The van der Waals surface area contributed by atoms with E-state index in [1.807, 2.05) is 48.0 Å². The van der Waals surface area contributed by atoms with Crippen molar-refractivity contribution < 1.29 is 9.53 Å². The van der Waals surface area contributed by atoms with Gasteiger partial charge in [0.1, 0.15) is 16.8 Å². The number of aryl methyl sites for hydroxylation is 1. The lowest BCUT2D eigenvalue weighted by molar-refractivity contribution is 0.102. The van der Waals surface area contributed by atoms with Crippen LogP contribution in [0.25, 0.3) is 16.7 Å². The first-order chi connectivity index (χ1) is 18.8. The first-order valence-electron chi connectivity index (χ1n) is 12.8. The Kier molecular flexibility index (Phi) is 6.54. The number of pyridine rings is 1. The van der Waals surface area contributed by atoms with Crippen molar-refractivity contribution in [2.24, 2.45) is 0 Å². The molecule has 1 fully saturated rings. The Balaban J connectivity index is 1.34. The van der Waals surface area contributed by atoms with Crippen LogP contribution < -0.4 is 20.3 Å². The van der Waals surface area contributed by atoms with Crippen LogP contribution in [0, 0.1) is 6.92 Å². The maximum Gasteiger partial charge on any atom is 0.257 e. The number of benzene rings is 2.